The van der Waals surface area contributed by atoms with Gasteiger partial charge in [-0.3, -0.25) is 0 Å². The van der Waals surface area contributed by atoms with E-state index >= 15 is 0 Å². The monoisotopic (exact) mass is 144 g/mol. The molecule has 0 N–H and O–H groups in total. The van der Waals surface area contributed by atoms with Gasteiger partial charge in [0, 0.05) is 0 Å². The zero-order valence-electron chi connectivity index (χ0n) is 7.32. The molecule has 0 aliphatic carbocycles. The molecule has 0 aliphatic heterocycles. The Kier molecular flexibility index (Phi) is 4.33. The van der Waals surface area contributed by atoms with Crippen LogP contribution in [0.4, 0.5) is 4.39 Å². The van der Waals surface area contributed by atoms with E-state index in [4.69, 9.17) is 0 Å². The topological polar surface area (TPSA) is 0 Å². The van der Waals surface area contributed by atoms with Gasteiger partial charge in [0.2, 0.25) is 0 Å². The van der Waals surface area contributed by atoms with Crippen molar-refractivity contribution < 1.29 is 4.39 Å². The van der Waals surface area contributed by atoms with E-state index in [0.717, 1.165) is 6.42 Å². The second-order valence-electron chi connectivity index (χ2n) is 3.36. The highest BCUT2D eigenvalue weighted by Gasteiger charge is 2.01. The lowest BCUT2D eigenvalue weighted by atomic mass is 9.98. The van der Waals surface area contributed by atoms with Gasteiger partial charge in [0.05, 0.1) is 5.83 Å². The van der Waals surface area contributed by atoms with Crippen LogP contribution in [0.25, 0.3) is 0 Å². The first-order valence-corrected chi connectivity index (χ1v) is 3.86. The molecule has 0 unspecified atom stereocenters. The minimum Gasteiger partial charge on any atom is -0.212 e. The molecular formula is C9H17F. The predicted molar refractivity (Wildman–Crippen MR) is 43.5 cm³/mol. The van der Waals surface area contributed by atoms with E-state index in [1.807, 2.05) is 6.92 Å². The summed E-state index contributed by atoms with van der Waals surface area (Å²) in [4.78, 5) is 0. The van der Waals surface area contributed by atoms with Crippen LogP contribution in [0.1, 0.15) is 34.1 Å². The molecule has 0 aromatic carbocycles. The van der Waals surface area contributed by atoms with Gasteiger partial charge in [-0.1, -0.05) is 26.8 Å². The number of rotatable bonds is 3. The molecule has 0 nitrogen and oxygen atoms in total. The molecule has 0 heterocycles. The number of allylic oxidation sites excluding steroid dienone is 2. The molecule has 0 bridgehead atoms. The van der Waals surface area contributed by atoms with Crippen molar-refractivity contribution in [3.8, 4) is 0 Å². The smallest absolute Gasteiger partial charge is 0.0931 e. The second kappa shape index (κ2) is 4.48. The lowest BCUT2D eigenvalue weighted by molar-refractivity contribution is 0.491. The summed E-state index contributed by atoms with van der Waals surface area (Å²) in [6.45, 7) is 7.84. The molecule has 0 rings (SSSR count). The summed E-state index contributed by atoms with van der Waals surface area (Å²) in [5.41, 5.74) is 0. The molecule has 0 saturated heterocycles. The average molecular weight is 144 g/mol. The minimum atomic E-state index is -0.0619. The summed E-state index contributed by atoms with van der Waals surface area (Å²) in [6, 6.07) is 0. The maximum Gasteiger partial charge on any atom is 0.0931 e. The van der Waals surface area contributed by atoms with Gasteiger partial charge >= 0.3 is 0 Å². The van der Waals surface area contributed by atoms with Crippen molar-refractivity contribution in [2.24, 2.45) is 11.8 Å². The second-order valence-corrected chi connectivity index (χ2v) is 3.36. The highest BCUT2D eigenvalue weighted by Crippen LogP contribution is 2.13. The molecule has 0 aliphatic rings. The molecule has 0 saturated carbocycles. The summed E-state index contributed by atoms with van der Waals surface area (Å²) in [7, 11) is 0. The maximum atomic E-state index is 12.3. The van der Waals surface area contributed by atoms with Crippen LogP contribution >= 0.6 is 0 Å². The van der Waals surface area contributed by atoms with Crippen LogP contribution in [-0.4, -0.2) is 0 Å². The van der Waals surface area contributed by atoms with Crippen LogP contribution in [0.15, 0.2) is 11.9 Å². The number of hydrogen-bond acceptors (Lipinski definition) is 0. The summed E-state index contributed by atoms with van der Waals surface area (Å²) in [5, 5.41) is 0. The highest BCUT2D eigenvalue weighted by atomic mass is 19.1. The van der Waals surface area contributed by atoms with E-state index in [2.05, 4.69) is 13.8 Å². The van der Waals surface area contributed by atoms with Crippen molar-refractivity contribution in [1.29, 1.82) is 0 Å². The molecule has 1 atom stereocenters. The molecule has 60 valence electrons. The van der Waals surface area contributed by atoms with Gasteiger partial charge in [-0.15, -0.1) is 0 Å². The third-order valence-electron chi connectivity index (χ3n) is 1.36. The van der Waals surface area contributed by atoms with Crippen LogP contribution < -0.4 is 0 Å². The Labute approximate surface area is 63.1 Å². The first-order chi connectivity index (χ1) is 4.52. The predicted octanol–water partition coefficient (Wildman–Crippen LogP) is 3.54. The standard InChI is InChI=1S/C9H17F/c1-7(2)5-8(3)6-9(4)10/h6-8H,5H2,1-4H3/b9-6+/t8-/m1/s1. The Hall–Kier alpha value is -0.330. The van der Waals surface area contributed by atoms with Gasteiger partial charge in [0.1, 0.15) is 0 Å². The average Bonchev–Trinajstić information content (AvgIpc) is 1.58. The van der Waals surface area contributed by atoms with Crippen LogP contribution in [0.3, 0.4) is 0 Å². The Morgan fingerprint density at radius 3 is 2.20 bits per heavy atom. The highest BCUT2D eigenvalue weighted by molar-refractivity contribution is 4.90. The fourth-order valence-electron chi connectivity index (χ4n) is 1.20. The molecule has 10 heavy (non-hydrogen) atoms. The van der Waals surface area contributed by atoms with E-state index in [1.54, 1.807) is 6.08 Å². The molecule has 0 fully saturated rings. The fourth-order valence-corrected chi connectivity index (χ4v) is 1.20. The third kappa shape index (κ3) is 5.80. The molecule has 0 amide bonds. The molecule has 0 aromatic rings. The molecular weight excluding hydrogens is 127 g/mol. The molecule has 1 heteroatoms. The first kappa shape index (κ1) is 9.67. The Balaban J connectivity index is 3.64. The number of hydrogen-bond donors (Lipinski definition) is 0. The van der Waals surface area contributed by atoms with Crippen molar-refractivity contribution in [1.82, 2.24) is 0 Å². The first-order valence-electron chi connectivity index (χ1n) is 3.86. The SMILES string of the molecule is C/C(F)=C\[C@H](C)CC(C)C. The number of halogens is 1. The Bertz CT molecular complexity index is 110. The van der Waals surface area contributed by atoms with Gasteiger partial charge in [0.15, 0.2) is 0 Å². The van der Waals surface area contributed by atoms with Gasteiger partial charge in [0.25, 0.3) is 0 Å². The fraction of sp³-hybridized carbons (Fsp3) is 0.778. The Morgan fingerprint density at radius 1 is 1.40 bits per heavy atom. The van der Waals surface area contributed by atoms with E-state index in [1.165, 1.54) is 6.92 Å². The zero-order chi connectivity index (χ0) is 8.15. The van der Waals surface area contributed by atoms with Crippen molar-refractivity contribution >= 4 is 0 Å². The van der Waals surface area contributed by atoms with E-state index in [0.29, 0.717) is 11.8 Å². The third-order valence-corrected chi connectivity index (χ3v) is 1.36. The largest absolute Gasteiger partial charge is 0.212 e. The van der Waals surface area contributed by atoms with Crippen molar-refractivity contribution in [2.45, 2.75) is 34.1 Å². The van der Waals surface area contributed by atoms with Crippen LogP contribution in [0.5, 0.6) is 0 Å². The van der Waals surface area contributed by atoms with Gasteiger partial charge in [-0.05, 0) is 25.2 Å². The van der Waals surface area contributed by atoms with Gasteiger partial charge < -0.3 is 0 Å². The van der Waals surface area contributed by atoms with Gasteiger partial charge in [-0.2, -0.15) is 0 Å². The summed E-state index contributed by atoms with van der Waals surface area (Å²) in [5.74, 6) is 0.976. The van der Waals surface area contributed by atoms with E-state index < -0.39 is 0 Å². The van der Waals surface area contributed by atoms with Crippen molar-refractivity contribution in [2.75, 3.05) is 0 Å². The summed E-state index contributed by atoms with van der Waals surface area (Å²) >= 11 is 0. The quantitative estimate of drug-likeness (QED) is 0.568. The molecule has 0 spiro atoms. The molecule has 0 aromatic heterocycles. The summed E-state index contributed by atoms with van der Waals surface area (Å²) < 4.78 is 12.3. The normalized spacial score (nSPS) is 16.0. The Morgan fingerprint density at radius 2 is 1.90 bits per heavy atom. The van der Waals surface area contributed by atoms with Crippen LogP contribution in [0.2, 0.25) is 0 Å². The lowest BCUT2D eigenvalue weighted by Crippen LogP contribution is -1.96. The van der Waals surface area contributed by atoms with Crippen molar-refractivity contribution in [3.05, 3.63) is 11.9 Å². The summed E-state index contributed by atoms with van der Waals surface area (Å²) in [6.07, 6.45) is 2.75. The van der Waals surface area contributed by atoms with Crippen LogP contribution in [-0.2, 0) is 0 Å². The lowest BCUT2D eigenvalue weighted by Gasteiger charge is -2.08. The molecule has 0 radical (unpaired) electrons. The van der Waals surface area contributed by atoms with Gasteiger partial charge in [-0.25, -0.2) is 4.39 Å². The maximum absolute atomic E-state index is 12.3. The van der Waals surface area contributed by atoms with Crippen molar-refractivity contribution in [3.63, 3.8) is 0 Å². The van der Waals surface area contributed by atoms with E-state index in [9.17, 15) is 4.39 Å². The zero-order valence-corrected chi connectivity index (χ0v) is 7.32. The minimum absolute atomic E-state index is 0.0619. The van der Waals surface area contributed by atoms with E-state index in [-0.39, 0.29) is 5.83 Å². The van der Waals surface area contributed by atoms with Crippen LogP contribution in [0, 0.1) is 11.8 Å².